The van der Waals surface area contributed by atoms with Gasteiger partial charge in [-0.2, -0.15) is 0 Å². The van der Waals surface area contributed by atoms with E-state index < -0.39 is 56.2 Å². The molecule has 3 aromatic rings. The summed E-state index contributed by atoms with van der Waals surface area (Å²) in [6.45, 7) is 2.91. The summed E-state index contributed by atoms with van der Waals surface area (Å²) in [5, 5.41) is 12.5. The van der Waals surface area contributed by atoms with Gasteiger partial charge in [-0.15, -0.1) is 0 Å². The van der Waals surface area contributed by atoms with Gasteiger partial charge in [-0.25, -0.2) is 4.79 Å². The molecule has 2 amide bonds. The molecule has 4 atom stereocenters. The monoisotopic (exact) mass is 532 g/mol. The summed E-state index contributed by atoms with van der Waals surface area (Å²) in [5.41, 5.74) is -0.504. The zero-order valence-corrected chi connectivity index (χ0v) is 21.8. The van der Waals surface area contributed by atoms with Crippen molar-refractivity contribution in [2.24, 2.45) is 0 Å². The molecule has 3 unspecified atom stereocenters. The molecule has 2 N–H and O–H groups in total. The van der Waals surface area contributed by atoms with Crippen LogP contribution in [0.15, 0.2) is 91.0 Å². The Hall–Kier alpha value is -3.98. The molecule has 2 saturated heterocycles. The largest absolute Gasteiger partial charge is 0.484 e. The minimum Gasteiger partial charge on any atom is -0.484 e. The fourth-order valence-corrected chi connectivity index (χ4v) is 7.86. The molecule has 9 heteroatoms. The molecule has 2 aliphatic heterocycles. The first kappa shape index (κ1) is 25.7. The van der Waals surface area contributed by atoms with Gasteiger partial charge in [0.05, 0.1) is 15.5 Å². The quantitative estimate of drug-likeness (QED) is 0.432. The summed E-state index contributed by atoms with van der Waals surface area (Å²) in [6, 6.07) is 25.8. The van der Waals surface area contributed by atoms with Gasteiger partial charge in [-0.1, -0.05) is 78.9 Å². The second-order valence-corrected chi connectivity index (χ2v) is 12.0. The summed E-state index contributed by atoms with van der Waals surface area (Å²) in [5.74, 6) is -2.71. The van der Waals surface area contributed by atoms with Crippen molar-refractivity contribution in [3.05, 3.63) is 102 Å². The zero-order valence-electron chi connectivity index (χ0n) is 20.9. The summed E-state index contributed by atoms with van der Waals surface area (Å²) in [4.78, 5) is 40.9. The Labute approximate surface area is 223 Å². The number of hydrogen-bond acceptors (Lipinski definition) is 5. The van der Waals surface area contributed by atoms with Crippen LogP contribution in [0.1, 0.15) is 30.9 Å². The molecule has 196 valence electrons. The van der Waals surface area contributed by atoms with E-state index in [0.29, 0.717) is 16.9 Å². The maximum absolute atomic E-state index is 14.0. The molecule has 8 nitrogen and oxygen atoms in total. The van der Waals surface area contributed by atoms with E-state index in [-0.39, 0.29) is 6.61 Å². The van der Waals surface area contributed by atoms with Crippen molar-refractivity contribution in [1.29, 1.82) is 0 Å². The average Bonchev–Trinajstić information content (AvgIpc) is 3.09. The number of carbonyl (C=O) groups excluding carboxylic acids is 2. The molecule has 2 heterocycles. The maximum Gasteiger partial charge on any atom is 0.332 e. The van der Waals surface area contributed by atoms with Gasteiger partial charge in [-0.3, -0.25) is 13.8 Å². The molecule has 0 aliphatic carbocycles. The highest BCUT2D eigenvalue weighted by Gasteiger charge is 2.78. The van der Waals surface area contributed by atoms with Gasteiger partial charge in [-0.05, 0) is 37.1 Å². The highest BCUT2D eigenvalue weighted by atomic mass is 32.2. The van der Waals surface area contributed by atoms with E-state index in [9.17, 15) is 23.7 Å². The van der Waals surface area contributed by atoms with Gasteiger partial charge >= 0.3 is 5.97 Å². The predicted molar refractivity (Wildman–Crippen MR) is 142 cm³/mol. The SMILES string of the molecule is CC1(C)S(=O)[C@@H]2C(NC(=O)COc3ccccc3)C(=O)N2C1(C(=O)O)C(c1ccccc1)c1ccccc1. The van der Waals surface area contributed by atoms with Crippen molar-refractivity contribution in [3.8, 4) is 5.75 Å². The number of nitrogens with one attached hydrogen (secondary N) is 1. The number of β-lactam (4-membered cyclic amide) rings is 1. The van der Waals surface area contributed by atoms with Gasteiger partial charge in [0.1, 0.15) is 17.2 Å². The van der Waals surface area contributed by atoms with Gasteiger partial charge in [0.2, 0.25) is 5.91 Å². The number of carbonyl (C=O) groups is 3. The second kappa shape index (κ2) is 9.72. The van der Waals surface area contributed by atoms with Crippen LogP contribution in [-0.2, 0) is 25.2 Å². The van der Waals surface area contributed by atoms with Crippen LogP contribution in [-0.4, -0.2) is 60.3 Å². The Morgan fingerprint density at radius 1 is 0.947 bits per heavy atom. The molecule has 0 spiro atoms. The van der Waals surface area contributed by atoms with E-state index in [4.69, 9.17) is 4.74 Å². The van der Waals surface area contributed by atoms with E-state index >= 15 is 0 Å². The molecule has 2 fully saturated rings. The maximum atomic E-state index is 14.0. The Morgan fingerprint density at radius 3 is 1.95 bits per heavy atom. The summed E-state index contributed by atoms with van der Waals surface area (Å²) >= 11 is 0. The van der Waals surface area contributed by atoms with E-state index in [1.54, 1.807) is 38.1 Å². The molecular weight excluding hydrogens is 504 g/mol. The van der Waals surface area contributed by atoms with Crippen LogP contribution in [0.4, 0.5) is 0 Å². The fourth-order valence-electron chi connectivity index (χ4n) is 5.75. The lowest BCUT2D eigenvalue weighted by atomic mass is 9.66. The third kappa shape index (κ3) is 3.80. The number of hydrogen-bond donors (Lipinski definition) is 2. The Bertz CT molecular complexity index is 1340. The number of aliphatic carboxylic acids is 1. The third-order valence-electron chi connectivity index (χ3n) is 7.50. The normalized spacial score (nSPS) is 25.4. The molecule has 0 radical (unpaired) electrons. The Morgan fingerprint density at radius 2 is 1.45 bits per heavy atom. The van der Waals surface area contributed by atoms with Gasteiger partial charge < -0.3 is 20.1 Å². The van der Waals surface area contributed by atoms with Gasteiger partial charge in [0, 0.05) is 5.92 Å². The highest BCUT2D eigenvalue weighted by Crippen LogP contribution is 2.57. The molecule has 38 heavy (non-hydrogen) atoms. The lowest BCUT2D eigenvalue weighted by Gasteiger charge is -2.52. The Balaban J connectivity index is 1.52. The molecule has 0 aromatic heterocycles. The van der Waals surface area contributed by atoms with Crippen LogP contribution >= 0.6 is 0 Å². The lowest BCUT2D eigenvalue weighted by Crippen LogP contribution is -2.77. The van der Waals surface area contributed by atoms with Gasteiger partial charge in [0.25, 0.3) is 5.91 Å². The smallest absolute Gasteiger partial charge is 0.332 e. The molecule has 2 aliphatic rings. The first-order chi connectivity index (χ1) is 18.2. The van der Waals surface area contributed by atoms with E-state index in [2.05, 4.69) is 5.32 Å². The first-order valence-corrected chi connectivity index (χ1v) is 13.5. The van der Waals surface area contributed by atoms with Crippen LogP contribution < -0.4 is 10.1 Å². The number of carboxylic acids is 1. The summed E-state index contributed by atoms with van der Waals surface area (Å²) in [6.07, 6.45) is 0. The lowest BCUT2D eigenvalue weighted by molar-refractivity contribution is -0.173. The van der Waals surface area contributed by atoms with Gasteiger partial charge in [0.15, 0.2) is 12.1 Å². The van der Waals surface area contributed by atoms with Crippen LogP contribution in [0.5, 0.6) is 5.75 Å². The zero-order chi connectivity index (χ0) is 27.1. The van der Waals surface area contributed by atoms with E-state index in [1.807, 2.05) is 66.7 Å². The number of para-hydroxylation sites is 1. The molecule has 0 bridgehead atoms. The summed E-state index contributed by atoms with van der Waals surface area (Å²) < 4.78 is 18.1. The topological polar surface area (TPSA) is 113 Å². The van der Waals surface area contributed by atoms with Crippen molar-refractivity contribution in [2.45, 2.75) is 41.5 Å². The predicted octanol–water partition coefficient (Wildman–Crippen LogP) is 2.91. The number of benzene rings is 3. The number of nitrogens with zero attached hydrogens (tertiary/aromatic N) is 1. The van der Waals surface area contributed by atoms with Crippen molar-refractivity contribution in [1.82, 2.24) is 10.2 Å². The van der Waals surface area contributed by atoms with Crippen LogP contribution in [0.3, 0.4) is 0 Å². The van der Waals surface area contributed by atoms with Crippen LogP contribution in [0.25, 0.3) is 0 Å². The number of ether oxygens (including phenoxy) is 1. The van der Waals surface area contributed by atoms with Crippen LogP contribution in [0.2, 0.25) is 0 Å². The molecule has 3 aromatic carbocycles. The minimum atomic E-state index is -1.87. The molecular formula is C29H28N2O6S. The third-order valence-corrected chi connectivity index (χ3v) is 9.74. The Kier molecular flexibility index (Phi) is 6.56. The number of amides is 2. The van der Waals surface area contributed by atoms with E-state index in [1.165, 1.54) is 4.90 Å². The number of carboxylic acid groups (broad SMARTS) is 1. The first-order valence-electron chi connectivity index (χ1n) is 12.3. The molecule has 5 rings (SSSR count). The molecule has 0 saturated carbocycles. The average molecular weight is 533 g/mol. The van der Waals surface area contributed by atoms with Crippen molar-refractivity contribution < 1.29 is 28.4 Å². The van der Waals surface area contributed by atoms with Crippen molar-refractivity contribution in [2.75, 3.05) is 6.61 Å². The minimum absolute atomic E-state index is 0.336. The second-order valence-electron chi connectivity index (χ2n) is 9.88. The highest BCUT2D eigenvalue weighted by molar-refractivity contribution is 7.87. The van der Waals surface area contributed by atoms with Crippen molar-refractivity contribution in [3.63, 3.8) is 0 Å². The number of rotatable bonds is 8. The fraction of sp³-hybridized carbons (Fsp3) is 0.276. The van der Waals surface area contributed by atoms with Crippen LogP contribution in [0, 0.1) is 0 Å². The standard InChI is InChI=1S/C29H28N2O6S/c1-28(2)29(27(34)35,23(19-12-6-3-7-13-19)20-14-8-4-9-15-20)31-25(33)24(26(31)38(28)36)30-22(32)18-37-21-16-10-5-11-17-21/h3-17,23-24,26H,18H2,1-2H3,(H,30,32)(H,34,35)/t24?,26-,29?,38?/m1/s1. The van der Waals surface area contributed by atoms with E-state index in [0.717, 1.165) is 0 Å². The van der Waals surface area contributed by atoms with Crippen molar-refractivity contribution >= 4 is 28.6 Å². The summed E-state index contributed by atoms with van der Waals surface area (Å²) in [7, 11) is -1.82. The number of fused-ring (bicyclic) bond motifs is 1.